The Labute approximate surface area is 123 Å². The summed E-state index contributed by atoms with van der Waals surface area (Å²) in [5.74, 6) is 0.680. The third kappa shape index (κ3) is 3.54. The number of benzene rings is 2. The van der Waals surface area contributed by atoms with Gasteiger partial charge in [0, 0.05) is 4.47 Å². The fraction of sp³-hybridized carbons (Fsp3) is 0.200. The monoisotopic (exact) mass is 344 g/mol. The van der Waals surface area contributed by atoms with Gasteiger partial charge >= 0.3 is 6.18 Å². The van der Waals surface area contributed by atoms with Gasteiger partial charge in [0.2, 0.25) is 0 Å². The van der Waals surface area contributed by atoms with Crippen molar-refractivity contribution in [2.24, 2.45) is 0 Å². The summed E-state index contributed by atoms with van der Waals surface area (Å²) in [5, 5.41) is 0. The summed E-state index contributed by atoms with van der Waals surface area (Å²) in [4.78, 5) is 0. The lowest BCUT2D eigenvalue weighted by atomic mass is 9.99. The van der Waals surface area contributed by atoms with Gasteiger partial charge in [0.15, 0.2) is 0 Å². The highest BCUT2D eigenvalue weighted by molar-refractivity contribution is 9.10. The highest BCUT2D eigenvalue weighted by Gasteiger charge is 2.33. The summed E-state index contributed by atoms with van der Waals surface area (Å²) in [7, 11) is 1.55. The second kappa shape index (κ2) is 5.87. The summed E-state index contributed by atoms with van der Waals surface area (Å²) in [6, 6.07) is 11.0. The van der Waals surface area contributed by atoms with Crippen molar-refractivity contribution >= 4 is 15.9 Å². The van der Waals surface area contributed by atoms with Crippen LogP contribution in [0.15, 0.2) is 46.9 Å². The molecule has 0 unspecified atom stereocenters. The molecular formula is C15H12BrF3O. The fourth-order valence-electron chi connectivity index (χ4n) is 1.95. The minimum Gasteiger partial charge on any atom is -0.497 e. The van der Waals surface area contributed by atoms with E-state index in [2.05, 4.69) is 15.9 Å². The zero-order valence-electron chi connectivity index (χ0n) is 10.7. The van der Waals surface area contributed by atoms with Crippen molar-refractivity contribution in [3.8, 4) is 5.75 Å². The number of methoxy groups -OCH3 is 1. The van der Waals surface area contributed by atoms with Crippen LogP contribution in [0.4, 0.5) is 13.2 Å². The molecule has 2 aromatic rings. The first-order valence-corrected chi connectivity index (χ1v) is 6.68. The van der Waals surface area contributed by atoms with Gasteiger partial charge in [0.1, 0.15) is 5.75 Å². The molecule has 106 valence electrons. The van der Waals surface area contributed by atoms with Crippen LogP contribution in [-0.2, 0) is 12.6 Å². The predicted molar refractivity (Wildman–Crippen MR) is 74.9 cm³/mol. The maximum Gasteiger partial charge on any atom is 0.416 e. The van der Waals surface area contributed by atoms with Crippen LogP contribution in [0.5, 0.6) is 5.75 Å². The lowest BCUT2D eigenvalue weighted by Crippen LogP contribution is -2.09. The van der Waals surface area contributed by atoms with Gasteiger partial charge in [-0.05, 0) is 47.9 Å². The zero-order valence-corrected chi connectivity index (χ0v) is 12.3. The molecule has 0 saturated carbocycles. The summed E-state index contributed by atoms with van der Waals surface area (Å²) in [6.45, 7) is 0. The maximum atomic E-state index is 13.0. The van der Waals surface area contributed by atoms with Crippen LogP contribution in [0, 0.1) is 0 Å². The average molecular weight is 345 g/mol. The molecule has 0 aliphatic carbocycles. The van der Waals surface area contributed by atoms with Crippen molar-refractivity contribution in [2.45, 2.75) is 12.6 Å². The number of halogens is 4. The van der Waals surface area contributed by atoms with Crippen LogP contribution < -0.4 is 4.74 Å². The first-order valence-electron chi connectivity index (χ1n) is 5.88. The Bertz CT molecular complexity index is 591. The van der Waals surface area contributed by atoms with Crippen molar-refractivity contribution < 1.29 is 17.9 Å². The van der Waals surface area contributed by atoms with Crippen LogP contribution in [0.3, 0.4) is 0 Å². The maximum absolute atomic E-state index is 13.0. The van der Waals surface area contributed by atoms with Crippen molar-refractivity contribution in [3.63, 3.8) is 0 Å². The van der Waals surface area contributed by atoms with Crippen LogP contribution in [0.2, 0.25) is 0 Å². The smallest absolute Gasteiger partial charge is 0.416 e. The molecule has 0 fully saturated rings. The molecule has 2 aromatic carbocycles. The molecule has 0 saturated heterocycles. The lowest BCUT2D eigenvalue weighted by Gasteiger charge is -2.13. The highest BCUT2D eigenvalue weighted by atomic mass is 79.9. The molecule has 0 amide bonds. The molecule has 0 aliphatic heterocycles. The minimum absolute atomic E-state index is 0.221. The minimum atomic E-state index is -4.34. The highest BCUT2D eigenvalue weighted by Crippen LogP contribution is 2.34. The third-order valence-corrected chi connectivity index (χ3v) is 3.42. The number of ether oxygens (including phenoxy) is 1. The quantitative estimate of drug-likeness (QED) is 0.755. The lowest BCUT2D eigenvalue weighted by molar-refractivity contribution is -0.138. The Morgan fingerprint density at radius 2 is 1.70 bits per heavy atom. The Balaban J connectivity index is 2.34. The third-order valence-electron chi connectivity index (χ3n) is 2.93. The summed E-state index contributed by atoms with van der Waals surface area (Å²) >= 11 is 3.21. The molecule has 0 N–H and O–H groups in total. The zero-order chi connectivity index (χ0) is 14.8. The van der Waals surface area contributed by atoms with Crippen LogP contribution in [-0.4, -0.2) is 7.11 Å². The van der Waals surface area contributed by atoms with Gasteiger partial charge in [0.25, 0.3) is 0 Å². The topological polar surface area (TPSA) is 9.23 Å². The molecule has 1 nitrogen and oxygen atoms in total. The van der Waals surface area contributed by atoms with Gasteiger partial charge in [-0.25, -0.2) is 0 Å². The number of alkyl halides is 3. The first kappa shape index (κ1) is 14.9. The van der Waals surface area contributed by atoms with E-state index in [0.717, 1.165) is 11.6 Å². The van der Waals surface area contributed by atoms with Gasteiger partial charge in [0.05, 0.1) is 12.7 Å². The van der Waals surface area contributed by atoms with Crippen LogP contribution in [0.25, 0.3) is 0 Å². The molecule has 0 aliphatic rings. The van der Waals surface area contributed by atoms with Crippen LogP contribution in [0.1, 0.15) is 16.7 Å². The Hall–Kier alpha value is -1.49. The molecular weight excluding hydrogens is 333 g/mol. The molecule has 5 heteroatoms. The van der Waals surface area contributed by atoms with Crippen molar-refractivity contribution in [1.29, 1.82) is 0 Å². The van der Waals surface area contributed by atoms with E-state index in [0.29, 0.717) is 10.2 Å². The summed E-state index contributed by atoms with van der Waals surface area (Å²) in [5.41, 5.74) is 0.447. The molecule has 0 radical (unpaired) electrons. The van der Waals surface area contributed by atoms with E-state index in [-0.39, 0.29) is 12.0 Å². The van der Waals surface area contributed by atoms with Gasteiger partial charge in [-0.1, -0.05) is 28.1 Å². The number of hydrogen-bond donors (Lipinski definition) is 0. The van der Waals surface area contributed by atoms with Gasteiger partial charge in [-0.2, -0.15) is 13.2 Å². The van der Waals surface area contributed by atoms with E-state index < -0.39 is 11.7 Å². The fourth-order valence-corrected chi connectivity index (χ4v) is 2.36. The SMILES string of the molecule is COc1ccc(Cc2cc(Br)ccc2C(F)(F)F)cc1. The molecule has 0 spiro atoms. The molecule has 0 aromatic heterocycles. The van der Waals surface area contributed by atoms with E-state index in [4.69, 9.17) is 4.74 Å². The predicted octanol–water partition coefficient (Wildman–Crippen LogP) is 5.07. The van der Waals surface area contributed by atoms with E-state index >= 15 is 0 Å². The molecule has 0 atom stereocenters. The second-order valence-corrected chi connectivity index (χ2v) is 5.24. The Morgan fingerprint density at radius 3 is 2.25 bits per heavy atom. The van der Waals surface area contributed by atoms with Crippen molar-refractivity contribution in [1.82, 2.24) is 0 Å². The van der Waals surface area contributed by atoms with Crippen molar-refractivity contribution in [2.75, 3.05) is 7.11 Å². The Kier molecular flexibility index (Phi) is 4.38. The normalized spacial score (nSPS) is 11.4. The summed E-state index contributed by atoms with van der Waals surface area (Å²) in [6.07, 6.45) is -4.12. The van der Waals surface area contributed by atoms with E-state index in [1.807, 2.05) is 0 Å². The standard InChI is InChI=1S/C15H12BrF3O/c1-20-13-5-2-10(3-6-13)8-11-9-12(16)4-7-14(11)15(17,18)19/h2-7,9H,8H2,1H3. The van der Waals surface area contributed by atoms with Gasteiger partial charge in [-0.3, -0.25) is 0 Å². The second-order valence-electron chi connectivity index (χ2n) is 4.32. The number of hydrogen-bond acceptors (Lipinski definition) is 1. The van der Waals surface area contributed by atoms with Gasteiger partial charge in [-0.15, -0.1) is 0 Å². The first-order chi connectivity index (χ1) is 9.40. The Morgan fingerprint density at radius 1 is 1.05 bits per heavy atom. The van der Waals surface area contributed by atoms with Crippen LogP contribution >= 0.6 is 15.9 Å². The van der Waals surface area contributed by atoms with E-state index in [9.17, 15) is 13.2 Å². The summed E-state index contributed by atoms with van der Waals surface area (Å²) < 4.78 is 44.6. The average Bonchev–Trinajstić information content (AvgIpc) is 2.38. The largest absolute Gasteiger partial charge is 0.497 e. The van der Waals surface area contributed by atoms with E-state index in [1.54, 1.807) is 31.4 Å². The molecule has 0 bridgehead atoms. The van der Waals surface area contributed by atoms with E-state index in [1.165, 1.54) is 12.1 Å². The molecule has 2 rings (SSSR count). The van der Waals surface area contributed by atoms with Crippen molar-refractivity contribution in [3.05, 3.63) is 63.6 Å². The molecule has 20 heavy (non-hydrogen) atoms. The van der Waals surface area contributed by atoms with Gasteiger partial charge < -0.3 is 4.74 Å². The molecule has 0 heterocycles. The number of rotatable bonds is 3.